The van der Waals surface area contributed by atoms with E-state index in [1.807, 2.05) is 0 Å². The van der Waals surface area contributed by atoms with Gasteiger partial charge in [0.1, 0.15) is 0 Å². The highest BCUT2D eigenvalue weighted by Crippen LogP contribution is 2.32. The summed E-state index contributed by atoms with van der Waals surface area (Å²) in [5.74, 6) is 0. The fraction of sp³-hybridized carbons (Fsp3) is 0.278. The quantitative estimate of drug-likeness (QED) is 0.847. The minimum absolute atomic E-state index is 0.535. The second-order valence-corrected chi connectivity index (χ2v) is 5.53. The van der Waals surface area contributed by atoms with Crippen molar-refractivity contribution in [3.8, 4) is 0 Å². The van der Waals surface area contributed by atoms with Crippen LogP contribution in [0.5, 0.6) is 0 Å². The van der Waals surface area contributed by atoms with Crippen LogP contribution in [0.4, 0.5) is 11.4 Å². The largest absolute Gasteiger partial charge is 0.383 e. The van der Waals surface area contributed by atoms with Crippen LogP contribution in [0.15, 0.2) is 48.5 Å². The summed E-state index contributed by atoms with van der Waals surface area (Å²) in [5.41, 5.74) is 5.33. The highest BCUT2D eigenvalue weighted by atomic mass is 15.2. The van der Waals surface area contributed by atoms with Crippen molar-refractivity contribution in [2.75, 3.05) is 23.3 Å². The molecule has 2 aliphatic rings. The average molecular weight is 262 g/mol. The second kappa shape index (κ2) is 4.86. The summed E-state index contributed by atoms with van der Waals surface area (Å²) in [4.78, 5) is 2.55. The SMILES string of the molecule is [C]1CCN(C2CNc3ccccc3C2)c2ccccc21. The van der Waals surface area contributed by atoms with E-state index in [1.165, 1.54) is 22.5 Å². The van der Waals surface area contributed by atoms with Crippen LogP contribution in [0.2, 0.25) is 0 Å². The molecule has 1 N–H and O–H groups in total. The molecule has 1 unspecified atom stereocenters. The molecule has 2 aliphatic heterocycles. The van der Waals surface area contributed by atoms with Crippen LogP contribution in [-0.4, -0.2) is 19.1 Å². The summed E-state index contributed by atoms with van der Waals surface area (Å²) in [6.07, 6.45) is 5.63. The Balaban J connectivity index is 1.64. The van der Waals surface area contributed by atoms with Gasteiger partial charge in [-0.05, 0) is 36.1 Å². The van der Waals surface area contributed by atoms with Gasteiger partial charge in [-0.25, -0.2) is 0 Å². The predicted octanol–water partition coefficient (Wildman–Crippen LogP) is 3.36. The first kappa shape index (κ1) is 11.8. The van der Waals surface area contributed by atoms with E-state index in [0.717, 1.165) is 25.9 Å². The van der Waals surface area contributed by atoms with Crippen LogP contribution in [-0.2, 0) is 6.42 Å². The zero-order chi connectivity index (χ0) is 13.4. The number of nitrogens with one attached hydrogen (secondary N) is 1. The summed E-state index contributed by atoms with van der Waals surface area (Å²) in [7, 11) is 0. The first-order chi connectivity index (χ1) is 9.92. The van der Waals surface area contributed by atoms with Crippen molar-refractivity contribution in [3.63, 3.8) is 0 Å². The van der Waals surface area contributed by atoms with Gasteiger partial charge in [0, 0.05) is 30.9 Å². The summed E-state index contributed by atoms with van der Waals surface area (Å²) >= 11 is 0. The molecule has 0 spiro atoms. The molecule has 100 valence electrons. The Bertz CT molecular complexity index is 620. The van der Waals surface area contributed by atoms with Gasteiger partial charge >= 0.3 is 0 Å². The summed E-state index contributed by atoms with van der Waals surface area (Å²) in [6, 6.07) is 17.8. The molecule has 0 aromatic heterocycles. The lowest BCUT2D eigenvalue weighted by atomic mass is 9.94. The molecule has 0 aliphatic carbocycles. The van der Waals surface area contributed by atoms with Crippen molar-refractivity contribution in [1.29, 1.82) is 0 Å². The van der Waals surface area contributed by atoms with E-state index in [-0.39, 0.29) is 0 Å². The highest BCUT2D eigenvalue weighted by Gasteiger charge is 2.27. The Morgan fingerprint density at radius 1 is 1.05 bits per heavy atom. The Hall–Kier alpha value is -1.96. The molecule has 2 aromatic carbocycles. The van der Waals surface area contributed by atoms with Crippen LogP contribution in [0.3, 0.4) is 0 Å². The van der Waals surface area contributed by atoms with E-state index in [1.54, 1.807) is 0 Å². The number of rotatable bonds is 1. The molecule has 2 radical (unpaired) electrons. The number of hydrogen-bond donors (Lipinski definition) is 1. The van der Waals surface area contributed by atoms with Crippen molar-refractivity contribution in [2.24, 2.45) is 0 Å². The molecule has 4 rings (SSSR count). The van der Waals surface area contributed by atoms with Crippen LogP contribution >= 0.6 is 0 Å². The number of benzene rings is 2. The maximum atomic E-state index is 3.58. The van der Waals surface area contributed by atoms with Gasteiger partial charge in [0.15, 0.2) is 0 Å². The van der Waals surface area contributed by atoms with Crippen molar-refractivity contribution in [1.82, 2.24) is 0 Å². The smallest absolute Gasteiger partial charge is 0.0503 e. The molecule has 0 bridgehead atoms. The van der Waals surface area contributed by atoms with Gasteiger partial charge in [-0.15, -0.1) is 0 Å². The molecule has 0 saturated heterocycles. The lowest BCUT2D eigenvalue weighted by Gasteiger charge is -2.40. The van der Waals surface area contributed by atoms with Crippen molar-refractivity contribution in [2.45, 2.75) is 18.9 Å². The third kappa shape index (κ3) is 1.96. The highest BCUT2D eigenvalue weighted by molar-refractivity contribution is 5.62. The van der Waals surface area contributed by atoms with E-state index < -0.39 is 0 Å². The molecular weight excluding hydrogens is 244 g/mol. The summed E-state index contributed by atoms with van der Waals surface area (Å²) in [5, 5.41) is 3.58. The van der Waals surface area contributed by atoms with Crippen molar-refractivity contribution >= 4 is 11.4 Å². The van der Waals surface area contributed by atoms with E-state index in [9.17, 15) is 0 Å². The molecule has 0 amide bonds. The lowest BCUT2D eigenvalue weighted by Crippen LogP contribution is -2.46. The van der Waals surface area contributed by atoms with Crippen LogP contribution < -0.4 is 10.2 Å². The summed E-state index contributed by atoms with van der Waals surface area (Å²) < 4.78 is 0. The maximum Gasteiger partial charge on any atom is 0.0503 e. The van der Waals surface area contributed by atoms with Gasteiger partial charge in [0.25, 0.3) is 0 Å². The van der Waals surface area contributed by atoms with Gasteiger partial charge in [0.2, 0.25) is 0 Å². The number of hydrogen-bond acceptors (Lipinski definition) is 2. The molecule has 1 atom stereocenters. The number of anilines is 2. The monoisotopic (exact) mass is 262 g/mol. The first-order valence-electron chi connectivity index (χ1n) is 7.33. The Morgan fingerprint density at radius 2 is 1.90 bits per heavy atom. The molecule has 2 aromatic rings. The van der Waals surface area contributed by atoms with Crippen LogP contribution in [0, 0.1) is 6.42 Å². The normalized spacial score (nSPS) is 20.8. The topological polar surface area (TPSA) is 15.3 Å². The van der Waals surface area contributed by atoms with Crippen molar-refractivity contribution < 1.29 is 0 Å². The van der Waals surface area contributed by atoms with Gasteiger partial charge in [0.05, 0.1) is 6.04 Å². The molecule has 2 heteroatoms. The standard InChI is InChI=1S/C18H18N2/c1-3-9-17-15(7-1)12-16(13-19-17)20-11-5-8-14-6-2-4-10-18(14)20/h1-4,6-7,9-10,16,19H,5,11-13H2. The molecule has 20 heavy (non-hydrogen) atoms. The van der Waals surface area contributed by atoms with Gasteiger partial charge < -0.3 is 10.2 Å². The van der Waals surface area contributed by atoms with E-state index in [2.05, 4.69) is 65.2 Å². The number of para-hydroxylation sites is 2. The number of nitrogens with zero attached hydrogens (tertiary/aromatic N) is 1. The summed E-state index contributed by atoms with van der Waals surface area (Å²) in [6.45, 7) is 2.09. The Kier molecular flexibility index (Phi) is 2.87. The van der Waals surface area contributed by atoms with Crippen molar-refractivity contribution in [3.05, 3.63) is 66.1 Å². The Labute approximate surface area is 120 Å². The zero-order valence-corrected chi connectivity index (χ0v) is 11.5. The minimum atomic E-state index is 0.535. The van der Waals surface area contributed by atoms with E-state index in [4.69, 9.17) is 0 Å². The van der Waals surface area contributed by atoms with Crippen LogP contribution in [0.1, 0.15) is 17.5 Å². The van der Waals surface area contributed by atoms with Gasteiger partial charge in [-0.2, -0.15) is 0 Å². The van der Waals surface area contributed by atoms with Gasteiger partial charge in [-0.3, -0.25) is 0 Å². The minimum Gasteiger partial charge on any atom is -0.383 e. The van der Waals surface area contributed by atoms with Crippen LogP contribution in [0.25, 0.3) is 0 Å². The molecule has 0 fully saturated rings. The van der Waals surface area contributed by atoms with Gasteiger partial charge in [-0.1, -0.05) is 36.4 Å². The van der Waals surface area contributed by atoms with E-state index in [0.29, 0.717) is 6.04 Å². The molecule has 2 nitrogen and oxygen atoms in total. The first-order valence-corrected chi connectivity index (χ1v) is 7.33. The maximum absolute atomic E-state index is 3.58. The number of fused-ring (bicyclic) bond motifs is 2. The second-order valence-electron chi connectivity index (χ2n) is 5.53. The molecule has 0 saturated carbocycles. The average Bonchev–Trinajstić information content (AvgIpc) is 2.54. The fourth-order valence-electron chi connectivity index (χ4n) is 3.33. The predicted molar refractivity (Wildman–Crippen MR) is 83.2 cm³/mol. The molecular formula is C18H18N2. The molecule has 2 heterocycles. The third-order valence-electron chi connectivity index (χ3n) is 4.32. The lowest BCUT2D eigenvalue weighted by molar-refractivity contribution is 0.583. The fourth-order valence-corrected chi connectivity index (χ4v) is 3.33. The third-order valence-corrected chi connectivity index (χ3v) is 4.32. The zero-order valence-electron chi connectivity index (χ0n) is 11.5. The Morgan fingerprint density at radius 3 is 2.90 bits per heavy atom. The van der Waals surface area contributed by atoms with E-state index >= 15 is 0 Å².